The van der Waals surface area contributed by atoms with Gasteiger partial charge in [0, 0.05) is 25.0 Å². The van der Waals surface area contributed by atoms with Crippen LogP contribution < -0.4 is 5.32 Å². The normalized spacial score (nSPS) is 12.4. The summed E-state index contributed by atoms with van der Waals surface area (Å²) in [6.07, 6.45) is 3.32. The lowest BCUT2D eigenvalue weighted by molar-refractivity contribution is 0.565. The lowest BCUT2D eigenvalue weighted by Crippen LogP contribution is -2.18. The minimum Gasteiger partial charge on any atom is -0.306 e. The van der Waals surface area contributed by atoms with Crippen LogP contribution in [0.4, 0.5) is 4.39 Å². The summed E-state index contributed by atoms with van der Waals surface area (Å²) in [5, 5.41) is 3.94. The van der Waals surface area contributed by atoms with Crippen molar-refractivity contribution in [2.45, 2.75) is 19.5 Å². The van der Waals surface area contributed by atoms with Gasteiger partial charge in [-0.2, -0.15) is 0 Å². The molecule has 0 spiro atoms. The van der Waals surface area contributed by atoms with E-state index in [9.17, 15) is 4.39 Å². The summed E-state index contributed by atoms with van der Waals surface area (Å²) in [5.74, 6) is -0.219. The SMILES string of the molecule is C[C@H](NCc1ccncc1Cl)c1cccc(F)c1. The number of pyridine rings is 1. The van der Waals surface area contributed by atoms with Crippen LogP contribution in [0, 0.1) is 5.82 Å². The van der Waals surface area contributed by atoms with Crippen LogP contribution in [0.15, 0.2) is 42.7 Å². The molecule has 0 aliphatic heterocycles. The van der Waals surface area contributed by atoms with Gasteiger partial charge in [-0.1, -0.05) is 23.7 Å². The lowest BCUT2D eigenvalue weighted by Gasteiger charge is -2.14. The van der Waals surface area contributed by atoms with Gasteiger partial charge in [0.1, 0.15) is 5.82 Å². The van der Waals surface area contributed by atoms with Crippen LogP contribution in [-0.4, -0.2) is 4.98 Å². The smallest absolute Gasteiger partial charge is 0.123 e. The number of nitrogens with one attached hydrogen (secondary N) is 1. The highest BCUT2D eigenvalue weighted by molar-refractivity contribution is 6.31. The Hall–Kier alpha value is -1.45. The second-order valence-corrected chi connectivity index (χ2v) is 4.53. The summed E-state index contributed by atoms with van der Waals surface area (Å²) in [7, 11) is 0. The zero-order chi connectivity index (χ0) is 13.0. The van der Waals surface area contributed by atoms with E-state index in [2.05, 4.69) is 10.3 Å². The Morgan fingerprint density at radius 3 is 2.94 bits per heavy atom. The van der Waals surface area contributed by atoms with Crippen LogP contribution in [0.5, 0.6) is 0 Å². The molecule has 0 bridgehead atoms. The maximum absolute atomic E-state index is 13.1. The zero-order valence-corrected chi connectivity index (χ0v) is 10.8. The molecule has 1 N–H and O–H groups in total. The molecule has 1 heterocycles. The Morgan fingerprint density at radius 2 is 2.22 bits per heavy atom. The Kier molecular flexibility index (Phi) is 4.28. The molecule has 0 aliphatic rings. The van der Waals surface area contributed by atoms with Crippen LogP contribution in [-0.2, 0) is 6.54 Å². The second-order valence-electron chi connectivity index (χ2n) is 4.12. The van der Waals surface area contributed by atoms with Crippen molar-refractivity contribution in [3.8, 4) is 0 Å². The first-order chi connectivity index (χ1) is 8.66. The first-order valence-corrected chi connectivity index (χ1v) is 6.12. The van der Waals surface area contributed by atoms with Gasteiger partial charge in [-0.15, -0.1) is 0 Å². The van der Waals surface area contributed by atoms with Crippen molar-refractivity contribution >= 4 is 11.6 Å². The molecular formula is C14H14ClFN2. The van der Waals surface area contributed by atoms with E-state index in [4.69, 9.17) is 11.6 Å². The molecule has 18 heavy (non-hydrogen) atoms. The van der Waals surface area contributed by atoms with Gasteiger partial charge in [0.2, 0.25) is 0 Å². The second kappa shape index (κ2) is 5.94. The van der Waals surface area contributed by atoms with Crippen LogP contribution in [0.3, 0.4) is 0 Å². The van der Waals surface area contributed by atoms with Gasteiger partial charge >= 0.3 is 0 Å². The molecule has 0 unspecified atom stereocenters. The number of nitrogens with zero attached hydrogens (tertiary/aromatic N) is 1. The fourth-order valence-electron chi connectivity index (χ4n) is 1.70. The molecule has 2 nitrogen and oxygen atoms in total. The Bertz CT molecular complexity index is 531. The molecule has 0 fully saturated rings. The largest absolute Gasteiger partial charge is 0.306 e. The highest BCUT2D eigenvalue weighted by Crippen LogP contribution is 2.17. The van der Waals surface area contributed by atoms with E-state index < -0.39 is 0 Å². The highest BCUT2D eigenvalue weighted by atomic mass is 35.5. The number of hydrogen-bond donors (Lipinski definition) is 1. The summed E-state index contributed by atoms with van der Waals surface area (Å²) in [6, 6.07) is 8.51. The number of rotatable bonds is 4. The third-order valence-electron chi connectivity index (χ3n) is 2.80. The van der Waals surface area contributed by atoms with Crippen molar-refractivity contribution in [1.82, 2.24) is 10.3 Å². The summed E-state index contributed by atoms with van der Waals surface area (Å²) in [6.45, 7) is 2.61. The molecule has 0 amide bonds. The molecule has 94 valence electrons. The van der Waals surface area contributed by atoms with E-state index in [1.54, 1.807) is 18.5 Å². The summed E-state index contributed by atoms with van der Waals surface area (Å²) >= 11 is 6.02. The summed E-state index contributed by atoms with van der Waals surface area (Å²) < 4.78 is 13.1. The average Bonchev–Trinajstić information content (AvgIpc) is 2.37. The Balaban J connectivity index is 2.00. The quantitative estimate of drug-likeness (QED) is 0.910. The average molecular weight is 265 g/mol. The summed E-state index contributed by atoms with van der Waals surface area (Å²) in [4.78, 5) is 3.93. The third kappa shape index (κ3) is 3.28. The van der Waals surface area contributed by atoms with E-state index >= 15 is 0 Å². The number of halogens is 2. The molecule has 0 saturated heterocycles. The minimum absolute atomic E-state index is 0.0601. The van der Waals surface area contributed by atoms with Gasteiger partial charge in [-0.05, 0) is 36.2 Å². The van der Waals surface area contributed by atoms with Crippen molar-refractivity contribution in [2.24, 2.45) is 0 Å². The molecular weight excluding hydrogens is 251 g/mol. The molecule has 0 radical (unpaired) electrons. The van der Waals surface area contributed by atoms with E-state index in [0.29, 0.717) is 11.6 Å². The van der Waals surface area contributed by atoms with Crippen molar-refractivity contribution in [3.05, 3.63) is 64.7 Å². The Morgan fingerprint density at radius 1 is 1.39 bits per heavy atom. The Labute approximate surface area is 111 Å². The lowest BCUT2D eigenvalue weighted by atomic mass is 10.1. The van der Waals surface area contributed by atoms with Gasteiger partial charge < -0.3 is 5.32 Å². The number of benzene rings is 1. The van der Waals surface area contributed by atoms with Gasteiger partial charge in [0.15, 0.2) is 0 Å². The van der Waals surface area contributed by atoms with Gasteiger partial charge in [0.05, 0.1) is 5.02 Å². The monoisotopic (exact) mass is 264 g/mol. The standard InChI is InChI=1S/C14H14ClFN2/c1-10(11-3-2-4-13(16)7-11)18-8-12-5-6-17-9-14(12)15/h2-7,9-10,18H,8H2,1H3/t10-/m0/s1. The fourth-order valence-corrected chi connectivity index (χ4v) is 1.89. The fraction of sp³-hybridized carbons (Fsp3) is 0.214. The van der Waals surface area contributed by atoms with Crippen molar-refractivity contribution in [1.29, 1.82) is 0 Å². The van der Waals surface area contributed by atoms with Crippen LogP contribution in [0.1, 0.15) is 24.1 Å². The first-order valence-electron chi connectivity index (χ1n) is 5.74. The van der Waals surface area contributed by atoms with Gasteiger partial charge in [-0.3, -0.25) is 4.98 Å². The molecule has 1 aromatic carbocycles. The highest BCUT2D eigenvalue weighted by Gasteiger charge is 2.07. The minimum atomic E-state index is -0.219. The van der Waals surface area contributed by atoms with Crippen LogP contribution >= 0.6 is 11.6 Å². The van der Waals surface area contributed by atoms with Gasteiger partial charge in [0.25, 0.3) is 0 Å². The van der Waals surface area contributed by atoms with Crippen molar-refractivity contribution < 1.29 is 4.39 Å². The maximum Gasteiger partial charge on any atom is 0.123 e. The number of aromatic nitrogens is 1. The molecule has 0 saturated carbocycles. The van der Waals surface area contributed by atoms with E-state index in [-0.39, 0.29) is 11.9 Å². The van der Waals surface area contributed by atoms with Crippen molar-refractivity contribution in [3.63, 3.8) is 0 Å². The predicted molar refractivity (Wildman–Crippen MR) is 70.9 cm³/mol. The van der Waals surface area contributed by atoms with Gasteiger partial charge in [-0.25, -0.2) is 4.39 Å². The topological polar surface area (TPSA) is 24.9 Å². The zero-order valence-electron chi connectivity index (χ0n) is 10.0. The molecule has 2 aromatic rings. The van der Waals surface area contributed by atoms with E-state index in [0.717, 1.165) is 11.1 Å². The predicted octanol–water partition coefficient (Wildman–Crippen LogP) is 3.72. The number of hydrogen-bond acceptors (Lipinski definition) is 2. The van der Waals surface area contributed by atoms with E-state index in [1.807, 2.05) is 19.1 Å². The molecule has 0 aliphatic carbocycles. The molecule has 4 heteroatoms. The molecule has 1 atom stereocenters. The maximum atomic E-state index is 13.1. The first kappa shape index (κ1) is 13.0. The van der Waals surface area contributed by atoms with Crippen molar-refractivity contribution in [2.75, 3.05) is 0 Å². The molecule has 2 rings (SSSR count). The third-order valence-corrected chi connectivity index (χ3v) is 3.14. The molecule has 1 aromatic heterocycles. The van der Waals surface area contributed by atoms with E-state index in [1.165, 1.54) is 12.1 Å². The summed E-state index contributed by atoms with van der Waals surface area (Å²) in [5.41, 5.74) is 1.90. The van der Waals surface area contributed by atoms with Crippen LogP contribution in [0.25, 0.3) is 0 Å². The van der Waals surface area contributed by atoms with Crippen LogP contribution in [0.2, 0.25) is 5.02 Å².